The largest absolute Gasteiger partial charge is 0.372 e. The van der Waals surface area contributed by atoms with E-state index >= 15 is 0 Å². The fraction of sp³-hybridized carbons (Fsp3) is 0.375. The van der Waals surface area contributed by atoms with Crippen molar-refractivity contribution in [2.75, 3.05) is 35.2 Å². The zero-order valence-corrected chi connectivity index (χ0v) is 19.8. The van der Waals surface area contributed by atoms with Crippen molar-refractivity contribution in [2.24, 2.45) is 7.05 Å². The Labute approximate surface area is 189 Å². The number of aromatic nitrogens is 3. The zero-order chi connectivity index (χ0) is 22.4. The van der Waals surface area contributed by atoms with Crippen molar-refractivity contribution in [3.05, 3.63) is 54.1 Å². The lowest BCUT2D eigenvalue weighted by Crippen LogP contribution is -2.32. The SMILES string of the molecule is CCN(CC)c1ccc(-c2nnc(SCC(=O)N(CC)c3ccccc3C)n2C)cc1. The summed E-state index contributed by atoms with van der Waals surface area (Å²) in [6.07, 6.45) is 0. The Morgan fingerprint density at radius 3 is 2.26 bits per heavy atom. The van der Waals surface area contributed by atoms with E-state index in [2.05, 4.69) is 53.2 Å². The number of aryl methyl sites for hydroxylation is 1. The summed E-state index contributed by atoms with van der Waals surface area (Å²) in [5.74, 6) is 1.18. The third-order valence-corrected chi connectivity index (χ3v) is 6.44. The Kier molecular flexibility index (Phi) is 7.74. The first-order valence-corrected chi connectivity index (χ1v) is 11.7. The van der Waals surface area contributed by atoms with Crippen LogP contribution in [0.1, 0.15) is 26.3 Å². The Balaban J connectivity index is 1.70. The van der Waals surface area contributed by atoms with Crippen LogP contribution >= 0.6 is 11.8 Å². The minimum atomic E-state index is 0.0647. The highest BCUT2D eigenvalue weighted by atomic mass is 32.2. The predicted molar refractivity (Wildman–Crippen MR) is 130 cm³/mol. The summed E-state index contributed by atoms with van der Waals surface area (Å²) in [7, 11) is 1.94. The zero-order valence-electron chi connectivity index (χ0n) is 19.0. The Morgan fingerprint density at radius 2 is 1.65 bits per heavy atom. The van der Waals surface area contributed by atoms with Gasteiger partial charge in [0, 0.05) is 43.6 Å². The molecule has 0 aliphatic heterocycles. The highest BCUT2D eigenvalue weighted by Gasteiger charge is 2.18. The van der Waals surface area contributed by atoms with E-state index in [0.29, 0.717) is 12.3 Å². The van der Waals surface area contributed by atoms with Crippen molar-refractivity contribution >= 4 is 29.0 Å². The summed E-state index contributed by atoms with van der Waals surface area (Å²) < 4.78 is 1.95. The number of anilines is 2. The van der Waals surface area contributed by atoms with Crippen LogP contribution in [0, 0.1) is 6.92 Å². The van der Waals surface area contributed by atoms with Crippen LogP contribution in [-0.2, 0) is 11.8 Å². The summed E-state index contributed by atoms with van der Waals surface area (Å²) in [6.45, 7) is 10.9. The molecule has 7 heteroatoms. The van der Waals surface area contributed by atoms with Gasteiger partial charge in [-0.25, -0.2) is 0 Å². The topological polar surface area (TPSA) is 54.3 Å². The molecule has 0 atom stereocenters. The molecule has 0 aliphatic rings. The molecule has 1 aromatic heterocycles. The molecule has 0 radical (unpaired) electrons. The molecule has 3 rings (SSSR count). The van der Waals surface area contributed by atoms with Crippen LogP contribution in [0.15, 0.2) is 53.7 Å². The van der Waals surface area contributed by atoms with Crippen molar-refractivity contribution < 1.29 is 4.79 Å². The molecule has 1 heterocycles. The van der Waals surface area contributed by atoms with Gasteiger partial charge >= 0.3 is 0 Å². The van der Waals surface area contributed by atoms with Gasteiger partial charge in [0.05, 0.1) is 5.75 Å². The maximum atomic E-state index is 12.9. The third kappa shape index (κ3) is 5.10. The molecule has 0 spiro atoms. The summed E-state index contributed by atoms with van der Waals surface area (Å²) in [6, 6.07) is 16.4. The summed E-state index contributed by atoms with van der Waals surface area (Å²) in [5.41, 5.74) is 4.27. The number of carbonyl (C=O) groups is 1. The van der Waals surface area contributed by atoms with E-state index in [-0.39, 0.29) is 5.91 Å². The lowest BCUT2D eigenvalue weighted by molar-refractivity contribution is -0.116. The van der Waals surface area contributed by atoms with Crippen LogP contribution in [0.2, 0.25) is 0 Å². The number of hydrogen-bond donors (Lipinski definition) is 0. The van der Waals surface area contributed by atoms with Crippen LogP contribution in [0.25, 0.3) is 11.4 Å². The van der Waals surface area contributed by atoms with Gasteiger partial charge < -0.3 is 14.4 Å². The second-order valence-corrected chi connectivity index (χ2v) is 8.24. The lowest BCUT2D eigenvalue weighted by Gasteiger charge is -2.22. The normalized spacial score (nSPS) is 10.9. The maximum Gasteiger partial charge on any atom is 0.237 e. The molecule has 6 nitrogen and oxygen atoms in total. The molecule has 0 unspecified atom stereocenters. The third-order valence-electron chi connectivity index (χ3n) is 5.44. The fourth-order valence-corrected chi connectivity index (χ4v) is 4.44. The molecule has 0 N–H and O–H groups in total. The Bertz CT molecular complexity index is 1010. The number of thioether (sulfide) groups is 1. The van der Waals surface area contributed by atoms with E-state index in [1.807, 2.05) is 54.6 Å². The van der Waals surface area contributed by atoms with Crippen LogP contribution in [0.3, 0.4) is 0 Å². The van der Waals surface area contributed by atoms with Gasteiger partial charge in [0.15, 0.2) is 11.0 Å². The van der Waals surface area contributed by atoms with E-state index in [4.69, 9.17) is 0 Å². The van der Waals surface area contributed by atoms with Crippen LogP contribution < -0.4 is 9.80 Å². The number of para-hydroxylation sites is 1. The average Bonchev–Trinajstić information content (AvgIpc) is 3.15. The van der Waals surface area contributed by atoms with Crippen molar-refractivity contribution in [2.45, 2.75) is 32.9 Å². The first-order valence-electron chi connectivity index (χ1n) is 10.7. The summed E-state index contributed by atoms with van der Waals surface area (Å²) >= 11 is 1.42. The molecule has 2 aromatic carbocycles. The van der Waals surface area contributed by atoms with Gasteiger partial charge in [0.25, 0.3) is 0 Å². The number of carbonyl (C=O) groups excluding carboxylic acids is 1. The van der Waals surface area contributed by atoms with Gasteiger partial charge in [-0.3, -0.25) is 4.79 Å². The quantitative estimate of drug-likeness (QED) is 0.451. The molecular formula is C24H31N5OS. The Morgan fingerprint density at radius 1 is 0.968 bits per heavy atom. The second kappa shape index (κ2) is 10.5. The first-order chi connectivity index (χ1) is 15.0. The molecule has 1 amide bonds. The van der Waals surface area contributed by atoms with Gasteiger partial charge in [-0.05, 0) is 63.6 Å². The molecule has 31 heavy (non-hydrogen) atoms. The van der Waals surface area contributed by atoms with E-state index in [0.717, 1.165) is 40.9 Å². The molecule has 0 bridgehead atoms. The minimum Gasteiger partial charge on any atom is -0.372 e. The van der Waals surface area contributed by atoms with Gasteiger partial charge in [0.1, 0.15) is 0 Å². The predicted octanol–water partition coefficient (Wildman–Crippen LogP) is 4.78. The van der Waals surface area contributed by atoms with Crippen molar-refractivity contribution in [3.63, 3.8) is 0 Å². The van der Waals surface area contributed by atoms with Gasteiger partial charge in [0.2, 0.25) is 5.91 Å². The fourth-order valence-electron chi connectivity index (χ4n) is 3.65. The highest BCUT2D eigenvalue weighted by Crippen LogP contribution is 2.26. The monoisotopic (exact) mass is 437 g/mol. The molecule has 164 valence electrons. The number of nitrogens with zero attached hydrogens (tertiary/aromatic N) is 5. The summed E-state index contributed by atoms with van der Waals surface area (Å²) in [4.78, 5) is 17.0. The number of rotatable bonds is 9. The number of hydrogen-bond acceptors (Lipinski definition) is 5. The van der Waals surface area contributed by atoms with E-state index in [1.54, 1.807) is 0 Å². The lowest BCUT2D eigenvalue weighted by atomic mass is 10.2. The van der Waals surface area contributed by atoms with Gasteiger partial charge in [-0.2, -0.15) is 0 Å². The standard InChI is InChI=1S/C24H31N5OS/c1-6-28(7-2)20-15-13-19(14-16-20)23-25-26-24(27(23)5)31-17-22(30)29(8-3)21-12-10-9-11-18(21)4/h9-16H,6-8,17H2,1-5H3. The Hall–Kier alpha value is -2.80. The van der Waals surface area contributed by atoms with Crippen LogP contribution in [-0.4, -0.2) is 46.1 Å². The first kappa shape index (κ1) is 22.9. The van der Waals surface area contributed by atoms with E-state index in [9.17, 15) is 4.79 Å². The van der Waals surface area contributed by atoms with Crippen molar-refractivity contribution in [3.8, 4) is 11.4 Å². The number of benzene rings is 2. The minimum absolute atomic E-state index is 0.0647. The number of amides is 1. The molecule has 0 aliphatic carbocycles. The maximum absolute atomic E-state index is 12.9. The van der Waals surface area contributed by atoms with Crippen molar-refractivity contribution in [1.29, 1.82) is 0 Å². The molecule has 0 saturated carbocycles. The smallest absolute Gasteiger partial charge is 0.237 e. The van der Waals surface area contributed by atoms with E-state index in [1.165, 1.54) is 17.4 Å². The molecule has 0 saturated heterocycles. The second-order valence-electron chi connectivity index (χ2n) is 7.30. The highest BCUT2D eigenvalue weighted by molar-refractivity contribution is 7.99. The van der Waals surface area contributed by atoms with Gasteiger partial charge in [-0.15, -0.1) is 10.2 Å². The summed E-state index contributed by atoms with van der Waals surface area (Å²) in [5, 5.41) is 9.43. The molecule has 0 fully saturated rings. The van der Waals surface area contributed by atoms with Crippen molar-refractivity contribution in [1.82, 2.24) is 14.8 Å². The van der Waals surface area contributed by atoms with Crippen LogP contribution in [0.5, 0.6) is 0 Å². The van der Waals surface area contributed by atoms with Crippen LogP contribution in [0.4, 0.5) is 11.4 Å². The molecular weight excluding hydrogens is 406 g/mol. The molecule has 3 aromatic rings. The van der Waals surface area contributed by atoms with Gasteiger partial charge in [-0.1, -0.05) is 30.0 Å². The van der Waals surface area contributed by atoms with E-state index < -0.39 is 0 Å². The average molecular weight is 438 g/mol.